The molecule has 0 unspecified atom stereocenters. The molecule has 2 fully saturated rings. The number of hydrogen-bond donors (Lipinski definition) is 1. The molecule has 0 aromatic heterocycles. The second-order valence-electron chi connectivity index (χ2n) is 6.17. The summed E-state index contributed by atoms with van der Waals surface area (Å²) in [6, 6.07) is 8.69. The van der Waals surface area contributed by atoms with Gasteiger partial charge in [0, 0.05) is 30.9 Å². The van der Waals surface area contributed by atoms with Crippen molar-refractivity contribution >= 4 is 11.6 Å². The van der Waals surface area contributed by atoms with Gasteiger partial charge in [0.15, 0.2) is 0 Å². The molecular weight excluding hydrogens is 286 g/mol. The van der Waals surface area contributed by atoms with Crippen LogP contribution in [0.2, 0.25) is 5.02 Å². The van der Waals surface area contributed by atoms with Crippen molar-refractivity contribution in [3.8, 4) is 0 Å². The third-order valence-corrected chi connectivity index (χ3v) is 4.87. The molecule has 4 heteroatoms. The molecule has 0 saturated carbocycles. The van der Waals surface area contributed by atoms with E-state index in [0.717, 1.165) is 63.5 Å². The van der Waals surface area contributed by atoms with Gasteiger partial charge in [0.05, 0.1) is 5.60 Å². The predicted octanol–water partition coefficient (Wildman–Crippen LogP) is 3.20. The van der Waals surface area contributed by atoms with E-state index in [1.165, 1.54) is 5.56 Å². The van der Waals surface area contributed by atoms with Gasteiger partial charge in [0.25, 0.3) is 0 Å². The van der Waals surface area contributed by atoms with E-state index >= 15 is 0 Å². The summed E-state index contributed by atoms with van der Waals surface area (Å²) in [4.78, 5) is 0. The number of nitrogens with one attached hydrogen (secondary N) is 1. The van der Waals surface area contributed by atoms with E-state index in [1.807, 2.05) is 18.2 Å². The summed E-state index contributed by atoms with van der Waals surface area (Å²) in [5.41, 5.74) is 1.37. The van der Waals surface area contributed by atoms with Gasteiger partial charge in [0.1, 0.15) is 0 Å². The van der Waals surface area contributed by atoms with Gasteiger partial charge in [-0.1, -0.05) is 23.7 Å². The molecule has 1 atom stereocenters. The predicted molar refractivity (Wildman–Crippen MR) is 84.9 cm³/mol. The first-order chi connectivity index (χ1) is 10.3. The second-order valence-corrected chi connectivity index (χ2v) is 6.60. The molecule has 116 valence electrons. The highest BCUT2D eigenvalue weighted by Gasteiger charge is 2.38. The molecule has 2 aliphatic heterocycles. The summed E-state index contributed by atoms with van der Waals surface area (Å²) >= 11 is 6.02. The Labute approximate surface area is 132 Å². The number of rotatable bonds is 4. The molecule has 1 N–H and O–H groups in total. The largest absolute Gasteiger partial charge is 0.381 e. The molecule has 2 aliphatic rings. The van der Waals surface area contributed by atoms with Crippen LogP contribution in [-0.2, 0) is 15.9 Å². The lowest BCUT2D eigenvalue weighted by Gasteiger charge is -2.43. The van der Waals surface area contributed by atoms with Gasteiger partial charge in [0.2, 0.25) is 0 Å². The topological polar surface area (TPSA) is 30.5 Å². The van der Waals surface area contributed by atoms with Gasteiger partial charge >= 0.3 is 0 Å². The first-order valence-corrected chi connectivity index (χ1v) is 8.33. The van der Waals surface area contributed by atoms with Crippen LogP contribution in [0.5, 0.6) is 0 Å². The summed E-state index contributed by atoms with van der Waals surface area (Å²) in [6.45, 7) is 3.55. The Balaban J connectivity index is 1.46. The van der Waals surface area contributed by atoms with Crippen LogP contribution >= 0.6 is 11.6 Å². The summed E-state index contributed by atoms with van der Waals surface area (Å²) in [7, 11) is 0. The van der Waals surface area contributed by atoms with Crippen LogP contribution in [0.4, 0.5) is 0 Å². The Bertz CT molecular complexity index is 454. The van der Waals surface area contributed by atoms with Gasteiger partial charge in [-0.2, -0.15) is 0 Å². The molecular formula is C17H24ClNO2. The fourth-order valence-corrected chi connectivity index (χ4v) is 3.62. The van der Waals surface area contributed by atoms with E-state index < -0.39 is 0 Å². The van der Waals surface area contributed by atoms with Crippen molar-refractivity contribution in [2.75, 3.05) is 26.4 Å². The van der Waals surface area contributed by atoms with Gasteiger partial charge in [-0.05, 0) is 56.3 Å². The van der Waals surface area contributed by atoms with E-state index in [2.05, 4.69) is 11.4 Å². The zero-order chi connectivity index (χ0) is 14.5. The van der Waals surface area contributed by atoms with E-state index in [1.54, 1.807) is 0 Å². The van der Waals surface area contributed by atoms with Crippen LogP contribution in [-0.4, -0.2) is 38.0 Å². The Hall–Kier alpha value is -0.610. The summed E-state index contributed by atoms with van der Waals surface area (Å²) < 4.78 is 11.5. The maximum atomic E-state index is 6.08. The van der Waals surface area contributed by atoms with Crippen LogP contribution in [0, 0.1) is 0 Å². The van der Waals surface area contributed by atoms with Crippen LogP contribution in [0.25, 0.3) is 0 Å². The number of benzene rings is 1. The molecule has 0 radical (unpaired) electrons. The Morgan fingerprint density at radius 1 is 1.24 bits per heavy atom. The third kappa shape index (κ3) is 4.19. The molecule has 1 aromatic rings. The van der Waals surface area contributed by atoms with Gasteiger partial charge in [-0.25, -0.2) is 0 Å². The first-order valence-electron chi connectivity index (χ1n) is 7.95. The SMILES string of the molecule is Clc1cccc(CCN[C@@H]2CCOC3(CCOCC3)C2)c1. The maximum Gasteiger partial charge on any atom is 0.0741 e. The molecule has 1 aromatic carbocycles. The molecule has 0 bridgehead atoms. The molecule has 2 heterocycles. The van der Waals surface area contributed by atoms with Crippen LogP contribution in [0.15, 0.2) is 24.3 Å². The minimum atomic E-state index is 0.0736. The van der Waals surface area contributed by atoms with Crippen molar-refractivity contribution in [1.29, 1.82) is 0 Å². The first kappa shape index (κ1) is 15.3. The minimum absolute atomic E-state index is 0.0736. The van der Waals surface area contributed by atoms with Crippen molar-refractivity contribution in [2.24, 2.45) is 0 Å². The monoisotopic (exact) mass is 309 g/mol. The molecule has 2 saturated heterocycles. The lowest BCUT2D eigenvalue weighted by molar-refractivity contribution is -0.140. The molecule has 0 amide bonds. The Morgan fingerprint density at radius 2 is 2.10 bits per heavy atom. The normalized spacial score (nSPS) is 25.1. The molecule has 21 heavy (non-hydrogen) atoms. The standard InChI is InChI=1S/C17H24ClNO2/c18-15-3-1-2-14(12-15)4-8-19-16-5-9-21-17(13-16)6-10-20-11-7-17/h1-3,12,16,19H,4-11,13H2/t16-/m1/s1. The highest BCUT2D eigenvalue weighted by molar-refractivity contribution is 6.30. The Kier molecular flexibility index (Phi) is 5.17. The van der Waals surface area contributed by atoms with Crippen LogP contribution in [0.3, 0.4) is 0 Å². The van der Waals surface area contributed by atoms with Gasteiger partial charge < -0.3 is 14.8 Å². The zero-order valence-electron chi connectivity index (χ0n) is 12.4. The van der Waals surface area contributed by atoms with Crippen LogP contribution < -0.4 is 5.32 Å². The summed E-state index contributed by atoms with van der Waals surface area (Å²) in [5, 5.41) is 4.52. The number of halogens is 1. The van der Waals surface area contributed by atoms with E-state index in [-0.39, 0.29) is 5.60 Å². The fourth-order valence-electron chi connectivity index (χ4n) is 3.41. The minimum Gasteiger partial charge on any atom is -0.381 e. The Morgan fingerprint density at radius 3 is 2.90 bits per heavy atom. The second kappa shape index (κ2) is 7.10. The van der Waals surface area contributed by atoms with Gasteiger partial charge in [-0.3, -0.25) is 0 Å². The van der Waals surface area contributed by atoms with E-state index in [9.17, 15) is 0 Å². The molecule has 3 rings (SSSR count). The smallest absolute Gasteiger partial charge is 0.0741 e. The van der Waals surface area contributed by atoms with Crippen molar-refractivity contribution in [3.63, 3.8) is 0 Å². The fraction of sp³-hybridized carbons (Fsp3) is 0.647. The van der Waals surface area contributed by atoms with Crippen LogP contribution in [0.1, 0.15) is 31.2 Å². The zero-order valence-corrected chi connectivity index (χ0v) is 13.2. The maximum absolute atomic E-state index is 6.08. The van der Waals surface area contributed by atoms with E-state index in [4.69, 9.17) is 21.1 Å². The highest BCUT2D eigenvalue weighted by atomic mass is 35.5. The van der Waals surface area contributed by atoms with Crippen molar-refractivity contribution in [1.82, 2.24) is 5.32 Å². The average molecular weight is 310 g/mol. The summed E-state index contributed by atoms with van der Waals surface area (Å²) in [5.74, 6) is 0. The number of hydrogen-bond acceptors (Lipinski definition) is 3. The molecule has 1 spiro atoms. The summed E-state index contributed by atoms with van der Waals surface area (Å²) in [6.07, 6.45) is 5.33. The lowest BCUT2D eigenvalue weighted by Crippen LogP contribution is -2.50. The van der Waals surface area contributed by atoms with E-state index in [0.29, 0.717) is 6.04 Å². The molecule has 3 nitrogen and oxygen atoms in total. The number of ether oxygens (including phenoxy) is 2. The van der Waals surface area contributed by atoms with Crippen molar-refractivity contribution in [3.05, 3.63) is 34.9 Å². The molecule has 0 aliphatic carbocycles. The highest BCUT2D eigenvalue weighted by Crippen LogP contribution is 2.34. The third-order valence-electron chi connectivity index (χ3n) is 4.63. The quantitative estimate of drug-likeness (QED) is 0.926. The van der Waals surface area contributed by atoms with Crippen molar-refractivity contribution < 1.29 is 9.47 Å². The van der Waals surface area contributed by atoms with Gasteiger partial charge in [-0.15, -0.1) is 0 Å². The lowest BCUT2D eigenvalue weighted by atomic mass is 9.84. The average Bonchev–Trinajstić information content (AvgIpc) is 2.48. The van der Waals surface area contributed by atoms with Crippen molar-refractivity contribution in [2.45, 2.75) is 43.7 Å².